The molecule has 40 valence electrons. The van der Waals surface area contributed by atoms with Gasteiger partial charge in [0, 0.05) is 13.2 Å². The number of aliphatic carboxylic acids is 1. The minimum Gasteiger partial charge on any atom is -0.542 e. The Morgan fingerprint density at radius 1 is 1.88 bits per heavy atom. The van der Waals surface area contributed by atoms with Gasteiger partial charge in [0.25, 0.3) is 0 Å². The Morgan fingerprint density at radius 2 is 2.38 bits per heavy atom. The summed E-state index contributed by atoms with van der Waals surface area (Å²) in [7, 11) is 0. The van der Waals surface area contributed by atoms with E-state index in [1.807, 2.05) is 0 Å². The maximum Gasteiger partial charge on any atom is 1.00 e. The van der Waals surface area contributed by atoms with Gasteiger partial charge < -0.3 is 9.90 Å². The van der Waals surface area contributed by atoms with Gasteiger partial charge in [0.2, 0.25) is 0 Å². The standard InChI is InChI=1S/C4H6O3.Na/c1-2-3(5)4(6)7;/h2H2,1H3,(H,6,7);/q;+1/p-1/i1+1D3,2D2;. The third kappa shape index (κ3) is 4.30. The molecule has 3 nitrogen and oxygen atoms in total. The van der Waals surface area contributed by atoms with E-state index in [9.17, 15) is 14.7 Å². The summed E-state index contributed by atoms with van der Waals surface area (Å²) in [6, 6.07) is 0. The molecule has 0 bridgehead atoms. The summed E-state index contributed by atoms with van der Waals surface area (Å²) in [5, 5.41) is 9.84. The van der Waals surface area contributed by atoms with E-state index >= 15 is 0 Å². The Balaban J connectivity index is 0. The number of carboxylic acid groups (broad SMARTS) is 1. The molecule has 0 aliphatic heterocycles. The molecule has 0 saturated carbocycles. The number of hydrogen-bond acceptors (Lipinski definition) is 3. The maximum absolute atomic E-state index is 10.4. The van der Waals surface area contributed by atoms with Crippen LogP contribution in [0.1, 0.15) is 20.1 Å². The van der Waals surface area contributed by atoms with Crippen molar-refractivity contribution in [3.63, 3.8) is 0 Å². The molecule has 0 rings (SSSR count). The van der Waals surface area contributed by atoms with E-state index in [1.165, 1.54) is 0 Å². The molecule has 0 heterocycles. The van der Waals surface area contributed by atoms with Gasteiger partial charge in [-0.15, -0.1) is 0 Å². The summed E-state index contributed by atoms with van der Waals surface area (Å²) in [5.41, 5.74) is 0. The molecule has 0 N–H and O–H groups in total. The first-order valence-corrected chi connectivity index (χ1v) is 1.36. The van der Waals surface area contributed by atoms with Gasteiger partial charge in [0.05, 0.1) is 0 Å². The van der Waals surface area contributed by atoms with Crippen LogP contribution in [0.15, 0.2) is 0 Å². The topological polar surface area (TPSA) is 57.2 Å². The van der Waals surface area contributed by atoms with Crippen molar-refractivity contribution >= 4 is 11.8 Å². The molecular formula is C4H5NaO3. The van der Waals surface area contributed by atoms with E-state index < -0.39 is 25.0 Å². The van der Waals surface area contributed by atoms with E-state index in [1.54, 1.807) is 0 Å². The van der Waals surface area contributed by atoms with Gasteiger partial charge in [-0.2, -0.15) is 0 Å². The van der Waals surface area contributed by atoms with E-state index in [0.717, 1.165) is 0 Å². The van der Waals surface area contributed by atoms with E-state index in [0.29, 0.717) is 0 Å². The first-order chi connectivity index (χ1) is 5.10. The number of hydrogen-bond donors (Lipinski definition) is 0. The zero-order valence-corrected chi connectivity index (χ0v) is 6.22. The summed E-state index contributed by atoms with van der Waals surface area (Å²) >= 11 is 0. The van der Waals surface area contributed by atoms with Crippen molar-refractivity contribution in [2.45, 2.75) is 13.2 Å². The fourth-order valence-electron chi connectivity index (χ4n) is 0.0510. The Hall–Kier alpha value is 0.140. The summed E-state index contributed by atoms with van der Waals surface area (Å²) in [6.07, 6.45) is -3.38. The Kier molecular flexibility index (Phi) is 2.21. The van der Waals surface area contributed by atoms with Crippen LogP contribution in [0.25, 0.3) is 0 Å². The minimum atomic E-state index is -3.38. The van der Waals surface area contributed by atoms with Gasteiger partial charge in [0.15, 0.2) is 5.78 Å². The number of ketones is 1. The van der Waals surface area contributed by atoms with Crippen molar-refractivity contribution in [3.8, 4) is 0 Å². The second-order valence-electron chi connectivity index (χ2n) is 0.742. The van der Waals surface area contributed by atoms with Crippen LogP contribution in [-0.2, 0) is 9.59 Å². The second-order valence-corrected chi connectivity index (χ2v) is 0.742. The first kappa shape index (κ1) is 3.34. The van der Waals surface area contributed by atoms with Gasteiger partial charge in [-0.1, -0.05) is 6.85 Å². The van der Waals surface area contributed by atoms with E-state index in [4.69, 9.17) is 6.85 Å². The molecule has 0 aromatic heterocycles. The molecule has 0 radical (unpaired) electrons. The second kappa shape index (κ2) is 5.28. The number of rotatable bonds is 2. The molecule has 8 heavy (non-hydrogen) atoms. The number of carbonyl (C=O) groups excluding carboxylic acids is 2. The molecule has 0 saturated heterocycles. The molecular weight excluding hydrogens is 120 g/mol. The summed E-state index contributed by atoms with van der Waals surface area (Å²) in [4.78, 5) is 20.3. The molecule has 0 fully saturated rings. The van der Waals surface area contributed by atoms with Gasteiger partial charge >= 0.3 is 29.6 Å². The molecule has 0 atom stereocenters. The number of carboxylic acids is 1. The van der Waals surface area contributed by atoms with Crippen molar-refractivity contribution in [3.05, 3.63) is 0 Å². The van der Waals surface area contributed by atoms with Gasteiger partial charge in [0.1, 0.15) is 5.97 Å². The molecule has 0 aliphatic carbocycles. The Labute approximate surface area is 76.4 Å². The van der Waals surface area contributed by atoms with Crippen molar-refractivity contribution in [2.75, 3.05) is 0 Å². The van der Waals surface area contributed by atoms with Gasteiger partial charge in [-0.3, -0.25) is 4.79 Å². The third-order valence-electron chi connectivity index (χ3n) is 0.299. The van der Waals surface area contributed by atoms with Crippen LogP contribution in [-0.4, -0.2) is 11.8 Å². The fourth-order valence-corrected chi connectivity index (χ4v) is 0.0510. The average Bonchev–Trinajstić information content (AvgIpc) is 1.83. The SMILES string of the molecule is [2H]C([2H])(C(=O)C(=O)[O-])[13C]([2H])([2H])[2H].[Na+]. The first-order valence-electron chi connectivity index (χ1n) is 3.86. The number of carbonyl (C=O) groups is 2. The van der Waals surface area contributed by atoms with Crippen LogP contribution in [0.5, 0.6) is 0 Å². The fraction of sp³-hybridized carbons (Fsp3) is 0.500. The van der Waals surface area contributed by atoms with Gasteiger partial charge in [-0.05, 0) is 0 Å². The smallest absolute Gasteiger partial charge is 0.542 e. The van der Waals surface area contributed by atoms with Crippen LogP contribution < -0.4 is 34.7 Å². The van der Waals surface area contributed by atoms with Crippen molar-refractivity contribution in [2.24, 2.45) is 0 Å². The van der Waals surface area contributed by atoms with Crippen molar-refractivity contribution in [1.29, 1.82) is 0 Å². The molecule has 0 unspecified atom stereocenters. The largest absolute Gasteiger partial charge is 1.00 e. The zero-order valence-electron chi connectivity index (χ0n) is 9.22. The van der Waals surface area contributed by atoms with Crippen LogP contribution >= 0.6 is 0 Å². The zero-order chi connectivity index (χ0) is 10.2. The normalized spacial score (nSPS) is 19.8. The predicted octanol–water partition coefficient (Wildman–Crippen LogP) is -4.28. The van der Waals surface area contributed by atoms with Crippen LogP contribution in [0, 0.1) is 0 Å². The quantitative estimate of drug-likeness (QED) is 0.216. The summed E-state index contributed by atoms with van der Waals surface area (Å²) in [5.74, 6) is -4.40. The molecule has 0 aromatic rings. The Bertz CT molecular complexity index is 222. The molecule has 0 amide bonds. The predicted molar refractivity (Wildman–Crippen MR) is 20.3 cm³/mol. The van der Waals surface area contributed by atoms with Crippen molar-refractivity contribution in [1.82, 2.24) is 0 Å². The molecule has 0 aliphatic rings. The van der Waals surface area contributed by atoms with Crippen LogP contribution in [0.4, 0.5) is 0 Å². The van der Waals surface area contributed by atoms with Crippen LogP contribution in [0.3, 0.4) is 0 Å². The number of Topliss-reactive ketones (excluding diaryl/α,β-unsaturated/α-hetero) is 1. The summed E-state index contributed by atoms with van der Waals surface area (Å²) < 4.78 is 32.8. The van der Waals surface area contributed by atoms with Gasteiger partial charge in [-0.25, -0.2) is 0 Å². The third-order valence-corrected chi connectivity index (χ3v) is 0.299. The maximum atomic E-state index is 10.4. The molecule has 4 heteroatoms. The molecule has 0 spiro atoms. The van der Waals surface area contributed by atoms with E-state index in [-0.39, 0.29) is 29.6 Å². The Morgan fingerprint density at radius 3 is 2.50 bits per heavy atom. The molecule has 0 aromatic carbocycles. The average molecular weight is 130 g/mol. The van der Waals surface area contributed by atoms with E-state index in [2.05, 4.69) is 0 Å². The minimum absolute atomic E-state index is 0. The van der Waals surface area contributed by atoms with Crippen LogP contribution in [0.2, 0.25) is 0 Å². The summed E-state index contributed by atoms with van der Waals surface area (Å²) in [6.45, 7) is -3.29. The van der Waals surface area contributed by atoms with Crippen molar-refractivity contribution < 1.29 is 51.1 Å². The monoisotopic (exact) mass is 130 g/mol.